The normalized spacial score (nSPS) is 11.8. The number of aryl methyl sites for hydroxylation is 1. The number of halogens is 1. The number of nitrogens with zero attached hydrogens (tertiary/aromatic N) is 1. The highest BCUT2D eigenvalue weighted by atomic mass is 79.9. The third-order valence-corrected chi connectivity index (χ3v) is 3.40. The number of anilines is 1. The van der Waals surface area contributed by atoms with Crippen molar-refractivity contribution in [3.63, 3.8) is 0 Å². The zero-order valence-corrected chi connectivity index (χ0v) is 12.7. The first-order chi connectivity index (χ1) is 9.72. The SMILES string of the molecule is Cc1cc(Br)c(NC(=O)C(N)CCC(=O)O)cc1[N+](=O)[O-]. The first kappa shape index (κ1) is 17.1. The van der Waals surface area contributed by atoms with Gasteiger partial charge in [0.25, 0.3) is 5.69 Å². The van der Waals surface area contributed by atoms with E-state index in [1.165, 1.54) is 12.1 Å². The Labute approximate surface area is 128 Å². The zero-order valence-electron chi connectivity index (χ0n) is 11.1. The van der Waals surface area contributed by atoms with Crippen LogP contribution in [0.25, 0.3) is 0 Å². The first-order valence-corrected chi connectivity index (χ1v) is 6.74. The lowest BCUT2D eigenvalue weighted by atomic mass is 10.1. The Morgan fingerprint density at radius 1 is 1.52 bits per heavy atom. The molecule has 21 heavy (non-hydrogen) atoms. The van der Waals surface area contributed by atoms with E-state index in [1.807, 2.05) is 0 Å². The summed E-state index contributed by atoms with van der Waals surface area (Å²) >= 11 is 3.20. The van der Waals surface area contributed by atoms with Crippen LogP contribution in [-0.2, 0) is 9.59 Å². The van der Waals surface area contributed by atoms with E-state index in [0.717, 1.165) is 0 Å². The molecule has 9 heteroatoms. The second kappa shape index (κ2) is 7.14. The van der Waals surface area contributed by atoms with E-state index in [0.29, 0.717) is 10.0 Å². The molecule has 1 unspecified atom stereocenters. The number of nitrogens with one attached hydrogen (secondary N) is 1. The number of hydrogen-bond acceptors (Lipinski definition) is 5. The second-order valence-corrected chi connectivity index (χ2v) is 5.26. The highest BCUT2D eigenvalue weighted by molar-refractivity contribution is 9.10. The molecular weight excluding hydrogens is 346 g/mol. The summed E-state index contributed by atoms with van der Waals surface area (Å²) in [5.41, 5.74) is 6.09. The van der Waals surface area contributed by atoms with Crippen LogP contribution < -0.4 is 11.1 Å². The number of carbonyl (C=O) groups excluding carboxylic acids is 1. The quantitative estimate of drug-likeness (QED) is 0.523. The summed E-state index contributed by atoms with van der Waals surface area (Å²) < 4.78 is 0.476. The number of carboxylic acids is 1. The smallest absolute Gasteiger partial charge is 0.303 e. The predicted octanol–water partition coefficient (Wildman–Crippen LogP) is 1.80. The average Bonchev–Trinajstić information content (AvgIpc) is 2.38. The molecule has 0 bridgehead atoms. The summed E-state index contributed by atoms with van der Waals surface area (Å²) in [7, 11) is 0. The van der Waals surface area contributed by atoms with Crippen LogP contribution in [0.1, 0.15) is 18.4 Å². The first-order valence-electron chi connectivity index (χ1n) is 5.95. The van der Waals surface area contributed by atoms with Crippen molar-refractivity contribution in [1.82, 2.24) is 0 Å². The van der Waals surface area contributed by atoms with Crippen molar-refractivity contribution in [2.24, 2.45) is 5.73 Å². The van der Waals surface area contributed by atoms with Crippen LogP contribution in [0.3, 0.4) is 0 Å². The number of carboxylic acid groups (broad SMARTS) is 1. The number of benzene rings is 1. The number of nitro groups is 1. The Balaban J connectivity index is 2.87. The van der Waals surface area contributed by atoms with Crippen LogP contribution in [0.5, 0.6) is 0 Å². The maximum Gasteiger partial charge on any atom is 0.303 e. The third kappa shape index (κ3) is 4.80. The molecule has 1 aromatic carbocycles. The fourth-order valence-corrected chi connectivity index (χ4v) is 2.15. The van der Waals surface area contributed by atoms with Crippen molar-refractivity contribution < 1.29 is 19.6 Å². The van der Waals surface area contributed by atoms with Gasteiger partial charge >= 0.3 is 5.97 Å². The Morgan fingerprint density at radius 2 is 2.14 bits per heavy atom. The monoisotopic (exact) mass is 359 g/mol. The minimum atomic E-state index is -1.05. The largest absolute Gasteiger partial charge is 0.481 e. The minimum absolute atomic E-state index is 0.0211. The molecule has 0 aliphatic heterocycles. The van der Waals surface area contributed by atoms with Crippen molar-refractivity contribution in [2.45, 2.75) is 25.8 Å². The molecule has 0 radical (unpaired) electrons. The fraction of sp³-hybridized carbons (Fsp3) is 0.333. The van der Waals surface area contributed by atoms with Crippen molar-refractivity contribution in [1.29, 1.82) is 0 Å². The van der Waals surface area contributed by atoms with Crippen LogP contribution >= 0.6 is 15.9 Å². The van der Waals surface area contributed by atoms with Crippen molar-refractivity contribution in [3.05, 3.63) is 32.3 Å². The van der Waals surface area contributed by atoms with E-state index in [9.17, 15) is 19.7 Å². The number of nitrogens with two attached hydrogens (primary N) is 1. The summed E-state index contributed by atoms with van der Waals surface area (Å²) in [6.07, 6.45) is -0.253. The van der Waals surface area contributed by atoms with Gasteiger partial charge in [-0.15, -0.1) is 0 Å². The molecule has 0 aliphatic carbocycles. The molecule has 4 N–H and O–H groups in total. The summed E-state index contributed by atoms with van der Waals surface area (Å²) in [5, 5.41) is 21.9. The van der Waals surface area contributed by atoms with Crippen LogP contribution in [0, 0.1) is 17.0 Å². The van der Waals surface area contributed by atoms with Gasteiger partial charge < -0.3 is 16.2 Å². The molecule has 0 fully saturated rings. The lowest BCUT2D eigenvalue weighted by Crippen LogP contribution is -2.36. The van der Waals surface area contributed by atoms with Gasteiger partial charge in [-0.1, -0.05) is 0 Å². The molecule has 1 aromatic rings. The molecule has 1 rings (SSSR count). The summed E-state index contributed by atoms with van der Waals surface area (Å²) in [6, 6.07) is 1.73. The number of aliphatic carboxylic acids is 1. The molecule has 0 aromatic heterocycles. The molecule has 114 valence electrons. The van der Waals surface area contributed by atoms with E-state index in [4.69, 9.17) is 10.8 Å². The van der Waals surface area contributed by atoms with Crippen molar-refractivity contribution >= 4 is 39.2 Å². The van der Waals surface area contributed by atoms with Gasteiger partial charge in [-0.25, -0.2) is 0 Å². The van der Waals surface area contributed by atoms with Crippen LogP contribution in [0.4, 0.5) is 11.4 Å². The Kier molecular flexibility index (Phi) is 5.79. The van der Waals surface area contributed by atoms with Gasteiger partial charge in [0.1, 0.15) is 0 Å². The molecule has 8 nitrogen and oxygen atoms in total. The van der Waals surface area contributed by atoms with E-state index in [1.54, 1.807) is 6.92 Å². The van der Waals surface area contributed by atoms with Gasteiger partial charge in [-0.05, 0) is 35.3 Å². The molecule has 0 spiro atoms. The Bertz CT molecular complexity index is 591. The van der Waals surface area contributed by atoms with Gasteiger partial charge in [0.2, 0.25) is 5.91 Å². The molecule has 0 saturated heterocycles. The van der Waals surface area contributed by atoms with Crippen molar-refractivity contribution in [2.75, 3.05) is 5.32 Å². The maximum atomic E-state index is 11.8. The average molecular weight is 360 g/mol. The molecule has 0 aliphatic rings. The van der Waals surface area contributed by atoms with E-state index < -0.39 is 22.8 Å². The Hall–Kier alpha value is -2.00. The Morgan fingerprint density at radius 3 is 2.67 bits per heavy atom. The van der Waals surface area contributed by atoms with Gasteiger partial charge in [-0.3, -0.25) is 19.7 Å². The van der Waals surface area contributed by atoms with Gasteiger partial charge in [0.15, 0.2) is 0 Å². The lowest BCUT2D eigenvalue weighted by molar-refractivity contribution is -0.385. The van der Waals surface area contributed by atoms with Gasteiger partial charge in [-0.2, -0.15) is 0 Å². The molecular formula is C12H14BrN3O5. The van der Waals surface area contributed by atoms with E-state index in [-0.39, 0.29) is 24.2 Å². The van der Waals surface area contributed by atoms with Crippen molar-refractivity contribution in [3.8, 4) is 0 Å². The highest BCUT2D eigenvalue weighted by Crippen LogP contribution is 2.30. The van der Waals surface area contributed by atoms with E-state index in [2.05, 4.69) is 21.2 Å². The predicted molar refractivity (Wildman–Crippen MR) is 79.0 cm³/mol. The molecule has 0 heterocycles. The molecule has 0 saturated carbocycles. The number of carbonyl (C=O) groups is 2. The number of rotatable bonds is 6. The number of nitro benzene ring substituents is 1. The third-order valence-electron chi connectivity index (χ3n) is 2.75. The van der Waals surface area contributed by atoms with Gasteiger partial charge in [0.05, 0.1) is 16.7 Å². The number of hydrogen-bond donors (Lipinski definition) is 3. The fourth-order valence-electron chi connectivity index (χ4n) is 1.59. The highest BCUT2D eigenvalue weighted by Gasteiger charge is 2.19. The summed E-state index contributed by atoms with van der Waals surface area (Å²) in [5.74, 6) is -1.65. The number of amides is 1. The second-order valence-electron chi connectivity index (χ2n) is 4.40. The topological polar surface area (TPSA) is 136 Å². The van der Waals surface area contributed by atoms with Crippen LogP contribution in [0.2, 0.25) is 0 Å². The van der Waals surface area contributed by atoms with Crippen LogP contribution in [0.15, 0.2) is 16.6 Å². The summed E-state index contributed by atoms with van der Waals surface area (Å²) in [4.78, 5) is 32.6. The van der Waals surface area contributed by atoms with E-state index >= 15 is 0 Å². The zero-order chi connectivity index (χ0) is 16.2. The maximum absolute atomic E-state index is 11.8. The lowest BCUT2D eigenvalue weighted by Gasteiger charge is -2.13. The molecule has 1 atom stereocenters. The van der Waals surface area contributed by atoms with Crippen LogP contribution in [-0.4, -0.2) is 27.9 Å². The summed E-state index contributed by atoms with van der Waals surface area (Å²) in [6.45, 7) is 1.58. The molecule has 1 amide bonds. The standard InChI is InChI=1S/C12H14BrN3O5/c1-6-4-7(13)9(5-10(6)16(20)21)15-12(19)8(14)2-3-11(17)18/h4-5,8H,2-3,14H2,1H3,(H,15,19)(H,17,18). The van der Waals surface area contributed by atoms with Gasteiger partial charge in [0, 0.05) is 22.5 Å². The minimum Gasteiger partial charge on any atom is -0.481 e.